The molecule has 4 nitrogen and oxygen atoms in total. The van der Waals surface area contributed by atoms with Crippen molar-refractivity contribution in [2.24, 2.45) is 11.8 Å². The van der Waals surface area contributed by atoms with Crippen LogP contribution in [0.15, 0.2) is 0 Å². The second kappa shape index (κ2) is 5.62. The van der Waals surface area contributed by atoms with Crippen molar-refractivity contribution in [3.8, 4) is 0 Å². The molecule has 1 N–H and O–H groups in total. The van der Waals surface area contributed by atoms with Gasteiger partial charge in [0.05, 0.1) is 0 Å². The normalized spacial score (nSPS) is 34.4. The molecule has 2 amide bonds. The Labute approximate surface area is 127 Å². The van der Waals surface area contributed by atoms with E-state index in [1.165, 1.54) is 25.7 Å². The average Bonchev–Trinajstić information content (AvgIpc) is 3.20. The summed E-state index contributed by atoms with van der Waals surface area (Å²) in [6.45, 7) is 4.69. The first-order valence-corrected chi connectivity index (χ1v) is 8.69. The van der Waals surface area contributed by atoms with Crippen LogP contribution in [0.3, 0.4) is 0 Å². The standard InChI is InChI=1S/C17H28N2O2/c1-3-14-15(20)18-17(2,13-8-9-13)16(21)19(14)11-10-12-6-4-5-7-12/h12-14H,3-11H2,1-2H3,(H,18,20). The number of hydrogen-bond donors (Lipinski definition) is 1. The molecule has 118 valence electrons. The van der Waals surface area contributed by atoms with Gasteiger partial charge in [-0.25, -0.2) is 0 Å². The fourth-order valence-electron chi connectivity index (χ4n) is 4.20. The zero-order valence-corrected chi connectivity index (χ0v) is 13.4. The lowest BCUT2D eigenvalue weighted by Gasteiger charge is -2.45. The Hall–Kier alpha value is -1.06. The van der Waals surface area contributed by atoms with Gasteiger partial charge in [0.2, 0.25) is 11.8 Å². The van der Waals surface area contributed by atoms with Crippen molar-refractivity contribution in [1.29, 1.82) is 0 Å². The number of nitrogens with zero attached hydrogens (tertiary/aromatic N) is 1. The van der Waals surface area contributed by atoms with Gasteiger partial charge in [0.25, 0.3) is 0 Å². The van der Waals surface area contributed by atoms with E-state index in [1.54, 1.807) is 0 Å². The molecule has 3 fully saturated rings. The highest BCUT2D eigenvalue weighted by molar-refractivity contribution is 6.00. The molecule has 21 heavy (non-hydrogen) atoms. The summed E-state index contributed by atoms with van der Waals surface area (Å²) >= 11 is 0. The first-order chi connectivity index (χ1) is 10.1. The first kappa shape index (κ1) is 14.9. The maximum atomic E-state index is 13.0. The molecule has 1 aliphatic heterocycles. The van der Waals surface area contributed by atoms with Crippen molar-refractivity contribution in [2.75, 3.05) is 6.54 Å². The van der Waals surface area contributed by atoms with E-state index in [-0.39, 0.29) is 17.9 Å². The number of hydrogen-bond acceptors (Lipinski definition) is 2. The van der Waals surface area contributed by atoms with E-state index in [4.69, 9.17) is 0 Å². The highest BCUT2D eigenvalue weighted by Crippen LogP contribution is 2.42. The minimum Gasteiger partial charge on any atom is -0.340 e. The third-order valence-corrected chi connectivity index (χ3v) is 5.80. The lowest BCUT2D eigenvalue weighted by atomic mass is 9.88. The molecule has 0 aromatic carbocycles. The van der Waals surface area contributed by atoms with Gasteiger partial charge in [0.1, 0.15) is 11.6 Å². The third-order valence-electron chi connectivity index (χ3n) is 5.80. The van der Waals surface area contributed by atoms with E-state index >= 15 is 0 Å². The average molecular weight is 292 g/mol. The highest BCUT2D eigenvalue weighted by Gasteiger charge is 2.54. The van der Waals surface area contributed by atoms with Gasteiger partial charge in [0, 0.05) is 6.54 Å². The minimum absolute atomic E-state index is 0.0536. The molecule has 2 aliphatic carbocycles. The van der Waals surface area contributed by atoms with E-state index in [0.29, 0.717) is 12.3 Å². The Bertz CT molecular complexity index is 427. The molecule has 0 radical (unpaired) electrons. The van der Waals surface area contributed by atoms with Gasteiger partial charge in [-0.2, -0.15) is 0 Å². The number of rotatable bonds is 5. The summed E-state index contributed by atoms with van der Waals surface area (Å²) in [6.07, 6.45) is 9.16. The maximum absolute atomic E-state index is 13.0. The van der Waals surface area contributed by atoms with Gasteiger partial charge in [0.15, 0.2) is 0 Å². The van der Waals surface area contributed by atoms with Crippen LogP contribution in [-0.4, -0.2) is 34.8 Å². The molecule has 1 heterocycles. The van der Waals surface area contributed by atoms with Crippen LogP contribution >= 0.6 is 0 Å². The summed E-state index contributed by atoms with van der Waals surface area (Å²) in [6, 6.07) is -0.259. The molecule has 0 spiro atoms. The first-order valence-electron chi connectivity index (χ1n) is 8.69. The summed E-state index contributed by atoms with van der Waals surface area (Å²) in [4.78, 5) is 27.3. The molecule has 1 saturated heterocycles. The quantitative estimate of drug-likeness (QED) is 0.846. The maximum Gasteiger partial charge on any atom is 0.249 e. The van der Waals surface area contributed by atoms with E-state index in [9.17, 15) is 9.59 Å². The van der Waals surface area contributed by atoms with Crippen molar-refractivity contribution < 1.29 is 9.59 Å². The molecule has 4 heteroatoms. The predicted octanol–water partition coefficient (Wildman–Crippen LogP) is 2.47. The Morgan fingerprint density at radius 3 is 2.43 bits per heavy atom. The molecule has 0 bridgehead atoms. The van der Waals surface area contributed by atoms with Gasteiger partial charge in [-0.15, -0.1) is 0 Å². The van der Waals surface area contributed by atoms with Crippen LogP contribution < -0.4 is 5.32 Å². The van der Waals surface area contributed by atoms with Crippen LogP contribution in [0, 0.1) is 11.8 Å². The minimum atomic E-state index is -0.640. The van der Waals surface area contributed by atoms with Crippen LogP contribution in [0.25, 0.3) is 0 Å². The zero-order valence-electron chi connectivity index (χ0n) is 13.4. The Morgan fingerprint density at radius 2 is 1.86 bits per heavy atom. The fourth-order valence-corrected chi connectivity index (χ4v) is 4.20. The zero-order chi connectivity index (χ0) is 15.0. The summed E-state index contributed by atoms with van der Waals surface area (Å²) in [5.41, 5.74) is -0.640. The van der Waals surface area contributed by atoms with Gasteiger partial charge >= 0.3 is 0 Å². The van der Waals surface area contributed by atoms with Gasteiger partial charge < -0.3 is 10.2 Å². The molecule has 2 atom stereocenters. The van der Waals surface area contributed by atoms with Crippen molar-refractivity contribution in [3.05, 3.63) is 0 Å². The number of carbonyl (C=O) groups is 2. The van der Waals surface area contributed by atoms with Crippen LogP contribution in [0.2, 0.25) is 0 Å². The summed E-state index contributed by atoms with van der Waals surface area (Å²) in [5.74, 6) is 1.32. The van der Waals surface area contributed by atoms with Crippen LogP contribution in [0.5, 0.6) is 0 Å². The fraction of sp³-hybridized carbons (Fsp3) is 0.882. The lowest BCUT2D eigenvalue weighted by molar-refractivity contribution is -0.155. The second-order valence-electron chi connectivity index (χ2n) is 7.33. The number of nitrogens with one attached hydrogen (secondary N) is 1. The Balaban J connectivity index is 1.72. The Kier molecular flexibility index (Phi) is 3.98. The lowest BCUT2D eigenvalue weighted by Crippen LogP contribution is -2.70. The molecule has 0 aromatic rings. The van der Waals surface area contributed by atoms with E-state index in [1.807, 2.05) is 18.7 Å². The summed E-state index contributed by atoms with van der Waals surface area (Å²) in [7, 11) is 0. The molecular weight excluding hydrogens is 264 g/mol. The molecule has 3 aliphatic rings. The van der Waals surface area contributed by atoms with Crippen molar-refractivity contribution in [3.63, 3.8) is 0 Å². The Morgan fingerprint density at radius 1 is 1.19 bits per heavy atom. The molecule has 2 unspecified atom stereocenters. The van der Waals surface area contributed by atoms with E-state index < -0.39 is 5.54 Å². The highest BCUT2D eigenvalue weighted by atomic mass is 16.2. The number of amides is 2. The smallest absolute Gasteiger partial charge is 0.249 e. The van der Waals surface area contributed by atoms with Gasteiger partial charge in [-0.1, -0.05) is 32.6 Å². The van der Waals surface area contributed by atoms with Crippen LogP contribution in [0.1, 0.15) is 65.2 Å². The van der Waals surface area contributed by atoms with Crippen molar-refractivity contribution in [1.82, 2.24) is 10.2 Å². The topological polar surface area (TPSA) is 49.4 Å². The molecular formula is C17H28N2O2. The third kappa shape index (κ3) is 2.69. The van der Waals surface area contributed by atoms with Crippen LogP contribution in [0.4, 0.5) is 0 Å². The molecule has 3 rings (SSSR count). The number of piperazine rings is 1. The van der Waals surface area contributed by atoms with Crippen molar-refractivity contribution in [2.45, 2.75) is 76.8 Å². The van der Waals surface area contributed by atoms with E-state index in [0.717, 1.165) is 31.7 Å². The van der Waals surface area contributed by atoms with Crippen molar-refractivity contribution >= 4 is 11.8 Å². The SMILES string of the molecule is CCC1C(=O)NC(C)(C2CC2)C(=O)N1CCC1CCCC1. The van der Waals surface area contributed by atoms with E-state index in [2.05, 4.69) is 5.32 Å². The summed E-state index contributed by atoms with van der Waals surface area (Å²) in [5, 5.41) is 3.03. The molecule has 2 saturated carbocycles. The number of carbonyl (C=O) groups excluding carboxylic acids is 2. The monoisotopic (exact) mass is 292 g/mol. The van der Waals surface area contributed by atoms with Crippen LogP contribution in [-0.2, 0) is 9.59 Å². The summed E-state index contributed by atoms with van der Waals surface area (Å²) < 4.78 is 0. The predicted molar refractivity (Wildman–Crippen MR) is 81.6 cm³/mol. The molecule has 0 aromatic heterocycles. The van der Waals surface area contributed by atoms with Gasteiger partial charge in [-0.3, -0.25) is 9.59 Å². The second-order valence-corrected chi connectivity index (χ2v) is 7.33. The van der Waals surface area contributed by atoms with Gasteiger partial charge in [-0.05, 0) is 44.4 Å². The largest absolute Gasteiger partial charge is 0.340 e.